The molecule has 2 bridgehead atoms. The van der Waals surface area contributed by atoms with Gasteiger partial charge in [-0.05, 0) is 54.3 Å². The molecule has 17 nitrogen and oxygen atoms in total. The summed E-state index contributed by atoms with van der Waals surface area (Å²) in [6, 6.07) is 21.5. The lowest BCUT2D eigenvalue weighted by Gasteiger charge is -2.67. The normalized spacial score (nSPS) is 30.9. The highest BCUT2D eigenvalue weighted by Gasteiger charge is 2.78. The minimum atomic E-state index is -4.03. The molecule has 7 rings (SSSR count). The van der Waals surface area contributed by atoms with Gasteiger partial charge in [0.1, 0.15) is 23.9 Å². The number of carbonyl (C=O) groups is 6. The summed E-state index contributed by atoms with van der Waals surface area (Å²) in [6.45, 7) is 7.77. The number of benzene rings is 3. The van der Waals surface area contributed by atoms with E-state index in [4.69, 9.17) is 23.7 Å². The molecule has 2 saturated carbocycles. The lowest BCUT2D eigenvalue weighted by Crippen LogP contribution is -2.83. The van der Waals surface area contributed by atoms with Crippen LogP contribution < -0.4 is 10.0 Å². The largest absolute Gasteiger partial charge is 0.456 e. The van der Waals surface area contributed by atoms with Crippen LogP contribution in [0.2, 0.25) is 0 Å². The van der Waals surface area contributed by atoms with Crippen molar-refractivity contribution in [3.05, 3.63) is 119 Å². The van der Waals surface area contributed by atoms with Crippen molar-refractivity contribution in [3.63, 3.8) is 0 Å². The van der Waals surface area contributed by atoms with E-state index in [-0.39, 0.29) is 28.7 Å². The number of ether oxygens (including phenoxy) is 5. The molecule has 3 aromatic carbocycles. The first-order chi connectivity index (χ1) is 30.9. The van der Waals surface area contributed by atoms with E-state index in [2.05, 4.69) is 10.0 Å². The smallest absolute Gasteiger partial charge is 0.338 e. The summed E-state index contributed by atoms with van der Waals surface area (Å²) in [5.74, 6) is -6.99. The van der Waals surface area contributed by atoms with E-state index in [1.807, 2.05) is 0 Å². The Hall–Kier alpha value is -5.79. The van der Waals surface area contributed by atoms with Crippen molar-refractivity contribution in [1.29, 1.82) is 0 Å². The van der Waals surface area contributed by atoms with Crippen molar-refractivity contribution in [2.24, 2.45) is 16.7 Å². The fourth-order valence-corrected chi connectivity index (χ4v) is 11.5. The quantitative estimate of drug-likeness (QED) is 0.116. The molecule has 4 N–H and O–H groups in total. The number of ketones is 1. The summed E-state index contributed by atoms with van der Waals surface area (Å²) in [7, 11) is -4.03. The van der Waals surface area contributed by atoms with E-state index in [1.165, 1.54) is 26.0 Å². The van der Waals surface area contributed by atoms with Crippen LogP contribution in [0.3, 0.4) is 0 Å². The Morgan fingerprint density at radius 3 is 1.92 bits per heavy atom. The first-order valence-electron chi connectivity index (χ1n) is 21.4. The molecule has 11 atom stereocenters. The Bertz CT molecular complexity index is 2550. The number of hydrogen-bond acceptors (Lipinski definition) is 15. The van der Waals surface area contributed by atoms with Crippen LogP contribution in [0.4, 0.5) is 0 Å². The number of aliphatic hydroxyl groups is 2. The predicted molar refractivity (Wildman–Crippen MR) is 233 cm³/mol. The molecule has 3 fully saturated rings. The molecule has 1 saturated heterocycles. The van der Waals surface area contributed by atoms with Crippen molar-refractivity contribution < 1.29 is 71.1 Å². The Morgan fingerprint density at radius 1 is 0.818 bits per heavy atom. The van der Waals surface area contributed by atoms with Crippen molar-refractivity contribution in [1.82, 2.24) is 10.0 Å². The maximum Gasteiger partial charge on any atom is 0.338 e. The first kappa shape index (κ1) is 48.2. The minimum absolute atomic E-state index is 0.0256. The van der Waals surface area contributed by atoms with Gasteiger partial charge < -0.3 is 39.2 Å². The van der Waals surface area contributed by atoms with Crippen LogP contribution >= 0.6 is 0 Å². The van der Waals surface area contributed by atoms with Crippen LogP contribution in [0.1, 0.15) is 86.7 Å². The lowest BCUT2D eigenvalue weighted by atomic mass is 9.44. The number of carbonyl (C=O) groups excluding carboxylic acids is 6. The Labute approximate surface area is 382 Å². The molecule has 1 heterocycles. The first-order valence-corrected chi connectivity index (χ1v) is 23.3. The number of fused-ring (bicyclic) bond motifs is 5. The van der Waals surface area contributed by atoms with Gasteiger partial charge in [0.05, 0.1) is 36.4 Å². The molecule has 0 radical (unpaired) electrons. The highest BCUT2D eigenvalue weighted by atomic mass is 32.2. The third-order valence-corrected chi connectivity index (χ3v) is 14.4. The SMILES string of the molecule is CC(=O)O[C@H]1C(=O)[C@]2(C)C[C@@H](NS(C)(=O)=O)[C@H]3OC[C@@]3(OC(C)=O)C2C(OC(=O)c2ccccc2)[C@]2(O)C[C@H](OC(=O)[C@H](O)[C@@H](NC(=O)c3ccccc3)c3ccccc3)C(C)=C1C2(C)C. The maximum atomic E-state index is 15.8. The molecule has 0 spiro atoms. The van der Waals surface area contributed by atoms with Gasteiger partial charge in [-0.25, -0.2) is 22.7 Å². The summed E-state index contributed by atoms with van der Waals surface area (Å²) in [5.41, 5.74) is -7.32. The molecule has 3 aromatic rings. The monoisotopic (exact) mass is 930 g/mol. The summed E-state index contributed by atoms with van der Waals surface area (Å²) >= 11 is 0. The number of sulfonamides is 1. The molecule has 4 aliphatic rings. The van der Waals surface area contributed by atoms with Gasteiger partial charge in [0.15, 0.2) is 23.6 Å². The molecule has 1 aliphatic heterocycles. The second-order valence-corrected chi connectivity index (χ2v) is 20.1. The zero-order chi connectivity index (χ0) is 48.1. The van der Waals surface area contributed by atoms with E-state index in [0.717, 1.165) is 20.1 Å². The van der Waals surface area contributed by atoms with E-state index < -0.39 is 129 Å². The zero-order valence-corrected chi connectivity index (χ0v) is 38.3. The summed E-state index contributed by atoms with van der Waals surface area (Å²) in [5, 5.41) is 28.4. The second-order valence-electron chi connectivity index (χ2n) is 18.4. The summed E-state index contributed by atoms with van der Waals surface area (Å²) in [6.07, 6.45) is -8.63. The van der Waals surface area contributed by atoms with Crippen molar-refractivity contribution in [2.45, 2.75) is 108 Å². The molecule has 352 valence electrons. The molecule has 18 heteroatoms. The fraction of sp³-hybridized carbons (Fsp3) is 0.458. The van der Waals surface area contributed by atoms with Crippen LogP contribution in [0, 0.1) is 16.7 Å². The second kappa shape index (κ2) is 17.8. The van der Waals surface area contributed by atoms with Crippen LogP contribution in [-0.4, -0.2) is 115 Å². The summed E-state index contributed by atoms with van der Waals surface area (Å²) in [4.78, 5) is 84.4. The number of hydrogen-bond donors (Lipinski definition) is 4. The molecule has 0 aromatic heterocycles. The highest BCUT2D eigenvalue weighted by molar-refractivity contribution is 7.88. The van der Waals surface area contributed by atoms with E-state index >= 15 is 4.79 Å². The average Bonchev–Trinajstić information content (AvgIpc) is 3.24. The molecule has 3 aliphatic carbocycles. The number of nitrogens with one attached hydrogen (secondary N) is 2. The van der Waals surface area contributed by atoms with E-state index in [9.17, 15) is 42.6 Å². The van der Waals surface area contributed by atoms with Crippen LogP contribution in [0.25, 0.3) is 0 Å². The number of esters is 4. The Morgan fingerprint density at radius 2 is 1.39 bits per heavy atom. The predicted octanol–water partition coefficient (Wildman–Crippen LogP) is 3.29. The summed E-state index contributed by atoms with van der Waals surface area (Å²) < 4.78 is 58.9. The minimum Gasteiger partial charge on any atom is -0.456 e. The Kier molecular flexibility index (Phi) is 13.0. The number of amides is 1. The maximum absolute atomic E-state index is 15.8. The third-order valence-electron chi connectivity index (χ3n) is 13.7. The van der Waals surface area contributed by atoms with Crippen LogP contribution in [0.15, 0.2) is 102 Å². The van der Waals surface area contributed by atoms with Gasteiger partial charge in [-0.3, -0.25) is 19.2 Å². The fourth-order valence-electron chi connectivity index (χ4n) is 10.7. The topological polar surface area (TPSA) is 247 Å². The van der Waals surface area contributed by atoms with Crippen molar-refractivity contribution in [3.8, 4) is 0 Å². The molecule has 1 amide bonds. The van der Waals surface area contributed by atoms with Gasteiger partial charge in [0.2, 0.25) is 10.0 Å². The molecular weight excluding hydrogens is 877 g/mol. The third kappa shape index (κ3) is 8.56. The molecule has 66 heavy (non-hydrogen) atoms. The van der Waals surface area contributed by atoms with E-state index in [0.29, 0.717) is 5.56 Å². The van der Waals surface area contributed by atoms with Gasteiger partial charge in [0.25, 0.3) is 5.91 Å². The van der Waals surface area contributed by atoms with Crippen LogP contribution in [0.5, 0.6) is 0 Å². The molecular formula is C48H54N2O15S. The molecule has 2 unspecified atom stereocenters. The van der Waals surface area contributed by atoms with E-state index in [1.54, 1.807) is 92.7 Å². The highest BCUT2D eigenvalue weighted by Crippen LogP contribution is 2.64. The zero-order valence-electron chi connectivity index (χ0n) is 37.5. The van der Waals surface area contributed by atoms with Crippen molar-refractivity contribution >= 4 is 45.6 Å². The lowest BCUT2D eigenvalue weighted by molar-refractivity contribution is -0.337. The number of rotatable bonds is 12. The van der Waals surface area contributed by atoms with Gasteiger partial charge in [-0.2, -0.15) is 0 Å². The van der Waals surface area contributed by atoms with Gasteiger partial charge >= 0.3 is 23.9 Å². The van der Waals surface area contributed by atoms with Crippen molar-refractivity contribution in [2.75, 3.05) is 12.9 Å². The van der Waals surface area contributed by atoms with Gasteiger partial charge in [-0.1, -0.05) is 87.5 Å². The number of Topliss-reactive ketones (excluding diaryl/α,β-unsaturated/α-hetero) is 1. The van der Waals surface area contributed by atoms with Gasteiger partial charge in [-0.15, -0.1) is 0 Å². The van der Waals surface area contributed by atoms with Gasteiger partial charge in [0, 0.05) is 36.7 Å². The van der Waals surface area contributed by atoms with Crippen LogP contribution in [-0.2, 0) is 52.9 Å². The standard InChI is InChI=1S/C48H54N2O15S/c1-26-33(63-44(57)36(53)35(29-17-11-8-12-18-29)49-42(55)30-19-13-9-14-20-30)24-48(58)41(64-43(56)31-21-15-10-16-22-31)38-46(6,39(54)37(62-27(2)51)34(26)45(48,4)5)23-32(50-66(7,59)60)40-47(38,25-61-40)65-28(3)52/h8-22,32-33,35-38,40-41,50,53,58H,23-25H2,1-7H3,(H,49,55)/t32-,33+,35+,36-,37-,38?,40-,41?,46-,47-,48-/m1/s1. The number of aliphatic hydroxyl groups excluding tert-OH is 1. The Balaban J connectivity index is 1.41. The average molecular weight is 931 g/mol.